The van der Waals surface area contributed by atoms with E-state index in [0.717, 1.165) is 37.6 Å². The van der Waals surface area contributed by atoms with Gasteiger partial charge < -0.3 is 14.9 Å². The standard InChI is InChI=1S/C18H30N4O/c1-18(2,3)11-14-6-4-8-21(14)16-10-17(20-13-19-16)22-9-5-7-15(22)12-23/h10,13-15,23H,4-9,11-12H2,1-3H3/t14-,15-/m0/s1. The molecule has 2 aliphatic rings. The normalized spacial score (nSPS) is 25.4. The number of hydrogen-bond acceptors (Lipinski definition) is 5. The Morgan fingerprint density at radius 1 is 1.04 bits per heavy atom. The quantitative estimate of drug-likeness (QED) is 0.925. The molecule has 0 aromatic carbocycles. The zero-order valence-electron chi connectivity index (χ0n) is 14.7. The number of rotatable bonds is 4. The van der Waals surface area contributed by atoms with E-state index in [0.29, 0.717) is 11.5 Å². The number of aromatic nitrogens is 2. The molecule has 0 aliphatic carbocycles. The van der Waals surface area contributed by atoms with Crippen LogP contribution in [-0.4, -0.2) is 46.9 Å². The van der Waals surface area contributed by atoms with E-state index in [9.17, 15) is 5.11 Å². The third-order valence-corrected chi connectivity index (χ3v) is 5.04. The lowest BCUT2D eigenvalue weighted by atomic mass is 9.87. The van der Waals surface area contributed by atoms with E-state index in [1.807, 2.05) is 0 Å². The first kappa shape index (κ1) is 16.5. The molecule has 3 rings (SSSR count). The number of aliphatic hydroxyl groups excluding tert-OH is 1. The van der Waals surface area contributed by atoms with E-state index < -0.39 is 0 Å². The molecule has 1 N–H and O–H groups in total. The molecule has 128 valence electrons. The molecule has 2 saturated heterocycles. The maximum atomic E-state index is 9.55. The number of hydrogen-bond donors (Lipinski definition) is 1. The van der Waals surface area contributed by atoms with Crippen molar-refractivity contribution in [3.63, 3.8) is 0 Å². The minimum Gasteiger partial charge on any atom is -0.394 e. The van der Waals surface area contributed by atoms with Gasteiger partial charge in [-0.3, -0.25) is 0 Å². The summed E-state index contributed by atoms with van der Waals surface area (Å²) in [5.74, 6) is 2.01. The number of aliphatic hydroxyl groups is 1. The van der Waals surface area contributed by atoms with Crippen LogP contribution in [0.5, 0.6) is 0 Å². The Morgan fingerprint density at radius 2 is 1.61 bits per heavy atom. The lowest BCUT2D eigenvalue weighted by Crippen LogP contribution is -2.35. The highest BCUT2D eigenvalue weighted by molar-refractivity contribution is 5.52. The molecule has 5 heteroatoms. The zero-order valence-corrected chi connectivity index (χ0v) is 14.7. The van der Waals surface area contributed by atoms with Crippen LogP contribution < -0.4 is 9.80 Å². The molecule has 2 fully saturated rings. The second-order valence-corrected chi connectivity index (χ2v) is 8.16. The largest absolute Gasteiger partial charge is 0.394 e. The van der Waals surface area contributed by atoms with Crippen molar-refractivity contribution >= 4 is 11.6 Å². The van der Waals surface area contributed by atoms with Gasteiger partial charge in [0.2, 0.25) is 0 Å². The molecular weight excluding hydrogens is 288 g/mol. The van der Waals surface area contributed by atoms with E-state index in [2.05, 4.69) is 46.6 Å². The Kier molecular flexibility index (Phi) is 4.76. The van der Waals surface area contributed by atoms with Crippen molar-refractivity contribution in [1.29, 1.82) is 0 Å². The second kappa shape index (κ2) is 6.63. The van der Waals surface area contributed by atoms with Crippen LogP contribution in [0.2, 0.25) is 0 Å². The average Bonchev–Trinajstić information content (AvgIpc) is 3.14. The monoisotopic (exact) mass is 318 g/mol. The lowest BCUT2D eigenvalue weighted by Gasteiger charge is -2.32. The molecule has 3 heterocycles. The smallest absolute Gasteiger partial charge is 0.134 e. The third-order valence-electron chi connectivity index (χ3n) is 5.04. The summed E-state index contributed by atoms with van der Waals surface area (Å²) in [7, 11) is 0. The summed E-state index contributed by atoms with van der Waals surface area (Å²) in [6.07, 6.45) is 7.54. The van der Waals surface area contributed by atoms with Crippen molar-refractivity contribution < 1.29 is 5.11 Å². The maximum Gasteiger partial charge on any atom is 0.134 e. The lowest BCUT2D eigenvalue weighted by molar-refractivity contribution is 0.266. The molecule has 5 nitrogen and oxygen atoms in total. The molecule has 0 radical (unpaired) electrons. The van der Waals surface area contributed by atoms with Crippen LogP contribution >= 0.6 is 0 Å². The van der Waals surface area contributed by atoms with Gasteiger partial charge in [-0.15, -0.1) is 0 Å². The molecule has 23 heavy (non-hydrogen) atoms. The fraction of sp³-hybridized carbons (Fsp3) is 0.778. The van der Waals surface area contributed by atoms with Crippen LogP contribution in [0.4, 0.5) is 11.6 Å². The highest BCUT2D eigenvalue weighted by Gasteiger charge is 2.31. The van der Waals surface area contributed by atoms with E-state index >= 15 is 0 Å². The van der Waals surface area contributed by atoms with Crippen LogP contribution in [0.25, 0.3) is 0 Å². The molecule has 1 aromatic rings. The van der Waals surface area contributed by atoms with Gasteiger partial charge in [0, 0.05) is 25.2 Å². The summed E-state index contributed by atoms with van der Waals surface area (Å²) in [5, 5.41) is 9.55. The highest BCUT2D eigenvalue weighted by atomic mass is 16.3. The van der Waals surface area contributed by atoms with Crippen molar-refractivity contribution in [2.24, 2.45) is 5.41 Å². The minimum atomic E-state index is 0.204. The topological polar surface area (TPSA) is 52.5 Å². The van der Waals surface area contributed by atoms with Crippen LogP contribution in [0.1, 0.15) is 52.9 Å². The summed E-state index contributed by atoms with van der Waals surface area (Å²) in [5.41, 5.74) is 0.333. The number of nitrogens with zero attached hydrogens (tertiary/aromatic N) is 4. The molecule has 0 unspecified atom stereocenters. The second-order valence-electron chi connectivity index (χ2n) is 8.16. The molecule has 0 amide bonds. The van der Waals surface area contributed by atoms with Crippen molar-refractivity contribution in [2.75, 3.05) is 29.5 Å². The van der Waals surface area contributed by atoms with Crippen LogP contribution in [0, 0.1) is 5.41 Å². The van der Waals surface area contributed by atoms with Gasteiger partial charge in [-0.25, -0.2) is 9.97 Å². The van der Waals surface area contributed by atoms with Crippen LogP contribution in [-0.2, 0) is 0 Å². The fourth-order valence-electron chi connectivity index (χ4n) is 4.03. The van der Waals surface area contributed by atoms with Gasteiger partial charge in [0.05, 0.1) is 12.6 Å². The fourth-order valence-corrected chi connectivity index (χ4v) is 4.03. The van der Waals surface area contributed by atoms with E-state index in [1.165, 1.54) is 19.3 Å². The molecule has 1 aromatic heterocycles. The van der Waals surface area contributed by atoms with Gasteiger partial charge in [-0.2, -0.15) is 0 Å². The van der Waals surface area contributed by atoms with Crippen molar-refractivity contribution in [3.8, 4) is 0 Å². The average molecular weight is 318 g/mol. The first-order chi connectivity index (χ1) is 11.0. The molecule has 2 aliphatic heterocycles. The van der Waals surface area contributed by atoms with Crippen LogP contribution in [0.3, 0.4) is 0 Å². The van der Waals surface area contributed by atoms with E-state index in [1.54, 1.807) is 6.33 Å². The third kappa shape index (κ3) is 3.77. The van der Waals surface area contributed by atoms with E-state index in [4.69, 9.17) is 0 Å². The van der Waals surface area contributed by atoms with Gasteiger partial charge in [0.1, 0.15) is 18.0 Å². The predicted octanol–water partition coefficient (Wildman–Crippen LogP) is 2.84. The van der Waals surface area contributed by atoms with Gasteiger partial charge in [-0.1, -0.05) is 20.8 Å². The minimum absolute atomic E-state index is 0.204. The summed E-state index contributed by atoms with van der Waals surface area (Å²) in [6.45, 7) is 9.20. The highest BCUT2D eigenvalue weighted by Crippen LogP contribution is 2.34. The molecule has 0 spiro atoms. The Bertz CT molecular complexity index is 528. The van der Waals surface area contributed by atoms with Crippen molar-refractivity contribution in [1.82, 2.24) is 9.97 Å². The SMILES string of the molecule is CC(C)(C)C[C@@H]1CCCN1c1cc(N2CCC[C@H]2CO)ncn1. The zero-order chi connectivity index (χ0) is 16.4. The molecule has 0 bridgehead atoms. The Labute approximate surface area is 139 Å². The van der Waals surface area contributed by atoms with E-state index in [-0.39, 0.29) is 12.6 Å². The van der Waals surface area contributed by atoms with Crippen LogP contribution in [0.15, 0.2) is 12.4 Å². The molecule has 0 saturated carbocycles. The number of anilines is 2. The van der Waals surface area contributed by atoms with Crippen molar-refractivity contribution in [3.05, 3.63) is 12.4 Å². The Hall–Kier alpha value is -1.36. The first-order valence-corrected chi connectivity index (χ1v) is 8.94. The maximum absolute atomic E-state index is 9.55. The van der Waals surface area contributed by atoms with Gasteiger partial charge in [0.15, 0.2) is 0 Å². The van der Waals surface area contributed by atoms with Gasteiger partial charge >= 0.3 is 0 Å². The van der Waals surface area contributed by atoms with Gasteiger partial charge in [0.25, 0.3) is 0 Å². The van der Waals surface area contributed by atoms with Gasteiger partial charge in [-0.05, 0) is 37.5 Å². The van der Waals surface area contributed by atoms with Crippen molar-refractivity contribution in [2.45, 2.75) is 65.0 Å². The Balaban J connectivity index is 1.79. The Morgan fingerprint density at radius 3 is 2.17 bits per heavy atom. The summed E-state index contributed by atoms with van der Waals surface area (Å²) in [4.78, 5) is 13.7. The summed E-state index contributed by atoms with van der Waals surface area (Å²) in [6, 6.07) is 2.90. The first-order valence-electron chi connectivity index (χ1n) is 8.94. The summed E-state index contributed by atoms with van der Waals surface area (Å²) < 4.78 is 0. The molecule has 2 atom stereocenters. The predicted molar refractivity (Wildman–Crippen MR) is 93.9 cm³/mol. The summed E-state index contributed by atoms with van der Waals surface area (Å²) >= 11 is 0. The molecular formula is C18H30N4O.